The van der Waals surface area contributed by atoms with E-state index in [0.717, 1.165) is 17.0 Å². The average molecular weight is 258 g/mol. The van der Waals surface area contributed by atoms with Crippen molar-refractivity contribution in [3.05, 3.63) is 0 Å². The lowest BCUT2D eigenvalue weighted by atomic mass is 10.2. The molecule has 1 aliphatic heterocycles. The molecule has 1 aliphatic rings. The number of nitrogens with zero attached hydrogens (tertiary/aromatic N) is 1. The normalized spacial score (nSPS) is 28.2. The minimum absolute atomic E-state index is 0.683. The first-order valence-electron chi connectivity index (χ1n) is 7.23. The van der Waals surface area contributed by atoms with Gasteiger partial charge >= 0.3 is 0 Å². The van der Waals surface area contributed by atoms with E-state index in [1.54, 1.807) is 0 Å². The Hall–Kier alpha value is 0.270. The Kier molecular flexibility index (Phi) is 7.56. The van der Waals surface area contributed by atoms with E-state index in [0.29, 0.717) is 6.04 Å². The molecule has 0 aromatic rings. The molecule has 102 valence electrons. The van der Waals surface area contributed by atoms with Crippen molar-refractivity contribution in [3.8, 4) is 0 Å². The number of hydrogen-bond acceptors (Lipinski definition) is 3. The second-order valence-electron chi connectivity index (χ2n) is 5.47. The number of thioether (sulfide) groups is 1. The summed E-state index contributed by atoms with van der Waals surface area (Å²) in [7, 11) is 0. The summed E-state index contributed by atoms with van der Waals surface area (Å²) in [6, 6.07) is 0.683. The van der Waals surface area contributed by atoms with Crippen LogP contribution in [0.2, 0.25) is 0 Å². The second kappa shape index (κ2) is 8.39. The molecule has 0 bridgehead atoms. The van der Waals surface area contributed by atoms with Crippen LogP contribution in [0.5, 0.6) is 0 Å². The van der Waals surface area contributed by atoms with Gasteiger partial charge in [-0.05, 0) is 19.9 Å². The van der Waals surface area contributed by atoms with E-state index in [1.165, 1.54) is 38.9 Å². The van der Waals surface area contributed by atoms with E-state index in [-0.39, 0.29) is 0 Å². The smallest absolute Gasteiger partial charge is 0.0193 e. The van der Waals surface area contributed by atoms with E-state index < -0.39 is 0 Å². The Balaban J connectivity index is 2.15. The van der Waals surface area contributed by atoms with Gasteiger partial charge in [-0.15, -0.1) is 0 Å². The lowest BCUT2D eigenvalue weighted by Gasteiger charge is -2.38. The third-order valence-electron chi connectivity index (χ3n) is 3.47. The molecule has 1 rings (SSSR count). The molecule has 0 radical (unpaired) electrons. The third-order valence-corrected chi connectivity index (χ3v) is 4.70. The largest absolute Gasteiger partial charge is 0.315 e. The average Bonchev–Trinajstić information content (AvgIpc) is 2.27. The third kappa shape index (κ3) is 6.12. The van der Waals surface area contributed by atoms with Gasteiger partial charge < -0.3 is 5.32 Å². The lowest BCUT2D eigenvalue weighted by molar-refractivity contribution is 0.202. The Morgan fingerprint density at radius 1 is 1.24 bits per heavy atom. The summed E-state index contributed by atoms with van der Waals surface area (Å²) in [6.45, 7) is 14.2. The van der Waals surface area contributed by atoms with Crippen molar-refractivity contribution < 1.29 is 0 Å². The molecule has 0 aliphatic carbocycles. The zero-order valence-electron chi connectivity index (χ0n) is 12.0. The highest BCUT2D eigenvalue weighted by atomic mass is 32.2. The van der Waals surface area contributed by atoms with Crippen molar-refractivity contribution in [1.82, 2.24) is 10.2 Å². The molecule has 1 N–H and O–H groups in total. The highest BCUT2D eigenvalue weighted by Gasteiger charge is 2.25. The maximum atomic E-state index is 3.60. The van der Waals surface area contributed by atoms with Crippen LogP contribution in [-0.4, -0.2) is 47.6 Å². The van der Waals surface area contributed by atoms with Crippen LogP contribution >= 0.6 is 11.8 Å². The van der Waals surface area contributed by atoms with Gasteiger partial charge in [0, 0.05) is 36.2 Å². The Bertz CT molecular complexity index is 189. The van der Waals surface area contributed by atoms with E-state index in [4.69, 9.17) is 0 Å². The maximum Gasteiger partial charge on any atom is 0.0193 e. The number of unbranched alkanes of at least 4 members (excludes halogenated alkanes) is 2. The van der Waals surface area contributed by atoms with Gasteiger partial charge in [0.25, 0.3) is 0 Å². The van der Waals surface area contributed by atoms with Crippen LogP contribution in [-0.2, 0) is 0 Å². The van der Waals surface area contributed by atoms with Gasteiger partial charge in [0.1, 0.15) is 0 Å². The van der Waals surface area contributed by atoms with Gasteiger partial charge in [-0.3, -0.25) is 4.90 Å². The summed E-state index contributed by atoms with van der Waals surface area (Å²) in [6.07, 6.45) is 4.00. The molecule has 1 heterocycles. The van der Waals surface area contributed by atoms with Crippen LogP contribution in [0.4, 0.5) is 0 Å². The fraction of sp³-hybridized carbons (Fsp3) is 1.00. The number of rotatable bonds is 7. The predicted octanol–water partition coefficient (Wildman–Crippen LogP) is 2.98. The highest BCUT2D eigenvalue weighted by molar-refractivity contribution is 8.00. The molecule has 2 nitrogen and oxygen atoms in total. The summed E-state index contributed by atoms with van der Waals surface area (Å²) >= 11 is 2.14. The van der Waals surface area contributed by atoms with Crippen molar-refractivity contribution >= 4 is 11.8 Å². The zero-order valence-corrected chi connectivity index (χ0v) is 12.9. The Morgan fingerprint density at radius 3 is 2.47 bits per heavy atom. The number of hydrogen-bond donors (Lipinski definition) is 1. The van der Waals surface area contributed by atoms with Crippen LogP contribution in [0.1, 0.15) is 47.0 Å². The van der Waals surface area contributed by atoms with E-state index >= 15 is 0 Å². The Labute approximate surface area is 112 Å². The van der Waals surface area contributed by atoms with E-state index in [1.807, 2.05) is 0 Å². The van der Waals surface area contributed by atoms with Gasteiger partial charge in [-0.2, -0.15) is 11.8 Å². The quantitative estimate of drug-likeness (QED) is 0.707. The molecule has 0 saturated carbocycles. The number of nitrogens with one attached hydrogen (secondary N) is 1. The van der Waals surface area contributed by atoms with Crippen LogP contribution < -0.4 is 5.32 Å². The molecular weight excluding hydrogens is 228 g/mol. The first-order chi connectivity index (χ1) is 8.13. The Morgan fingerprint density at radius 2 is 1.88 bits per heavy atom. The molecule has 1 saturated heterocycles. The molecule has 3 unspecified atom stereocenters. The molecule has 3 heteroatoms. The first-order valence-corrected chi connectivity index (χ1v) is 8.18. The minimum Gasteiger partial charge on any atom is -0.315 e. The van der Waals surface area contributed by atoms with Crippen LogP contribution in [0.3, 0.4) is 0 Å². The topological polar surface area (TPSA) is 15.3 Å². The molecule has 3 atom stereocenters. The minimum atomic E-state index is 0.683. The van der Waals surface area contributed by atoms with Crippen molar-refractivity contribution in [3.63, 3.8) is 0 Å². The SMILES string of the molecule is CCCCCNCC(C)N1CC(C)SC(C)C1. The zero-order chi connectivity index (χ0) is 12.7. The summed E-state index contributed by atoms with van der Waals surface area (Å²) in [5.41, 5.74) is 0. The van der Waals surface area contributed by atoms with Gasteiger partial charge in [0.15, 0.2) is 0 Å². The standard InChI is InChI=1S/C14H30N2S/c1-5-6-7-8-15-9-12(2)16-10-13(3)17-14(4)11-16/h12-15H,5-11H2,1-4H3. The molecule has 17 heavy (non-hydrogen) atoms. The first kappa shape index (κ1) is 15.3. The van der Waals surface area contributed by atoms with Gasteiger partial charge in [0.05, 0.1) is 0 Å². The summed E-state index contributed by atoms with van der Waals surface area (Å²) in [4.78, 5) is 2.65. The molecule has 0 spiro atoms. The summed E-state index contributed by atoms with van der Waals surface area (Å²) in [5, 5.41) is 5.18. The van der Waals surface area contributed by atoms with Gasteiger partial charge in [0.2, 0.25) is 0 Å². The van der Waals surface area contributed by atoms with E-state index in [2.05, 4.69) is 49.7 Å². The molecule has 0 aromatic carbocycles. The molecule has 1 fully saturated rings. The molecular formula is C14H30N2S. The lowest BCUT2D eigenvalue weighted by Crippen LogP contribution is -2.48. The van der Waals surface area contributed by atoms with Crippen LogP contribution in [0, 0.1) is 0 Å². The second-order valence-corrected chi connectivity index (χ2v) is 7.35. The molecule has 0 amide bonds. The highest BCUT2D eigenvalue weighted by Crippen LogP contribution is 2.25. The van der Waals surface area contributed by atoms with Crippen molar-refractivity contribution in [2.75, 3.05) is 26.2 Å². The van der Waals surface area contributed by atoms with Crippen molar-refractivity contribution in [1.29, 1.82) is 0 Å². The summed E-state index contributed by atoms with van der Waals surface area (Å²) < 4.78 is 0. The van der Waals surface area contributed by atoms with Crippen LogP contribution in [0.25, 0.3) is 0 Å². The molecule has 0 aromatic heterocycles. The monoisotopic (exact) mass is 258 g/mol. The summed E-state index contributed by atoms with van der Waals surface area (Å²) in [5.74, 6) is 0. The van der Waals surface area contributed by atoms with Crippen molar-refractivity contribution in [2.24, 2.45) is 0 Å². The van der Waals surface area contributed by atoms with Crippen molar-refractivity contribution in [2.45, 2.75) is 63.5 Å². The van der Waals surface area contributed by atoms with Gasteiger partial charge in [-0.1, -0.05) is 33.6 Å². The maximum absolute atomic E-state index is 3.60. The predicted molar refractivity (Wildman–Crippen MR) is 79.9 cm³/mol. The fourth-order valence-corrected chi connectivity index (χ4v) is 3.87. The van der Waals surface area contributed by atoms with Crippen LogP contribution in [0.15, 0.2) is 0 Å². The van der Waals surface area contributed by atoms with Gasteiger partial charge in [-0.25, -0.2) is 0 Å². The fourth-order valence-electron chi connectivity index (χ4n) is 2.52. The van der Waals surface area contributed by atoms with E-state index in [9.17, 15) is 0 Å².